The summed E-state index contributed by atoms with van der Waals surface area (Å²) in [5.74, 6) is 0.000797. The molecule has 27 heavy (non-hydrogen) atoms. The van der Waals surface area contributed by atoms with Crippen LogP contribution < -0.4 is 0 Å². The van der Waals surface area contributed by atoms with Gasteiger partial charge in [-0.3, -0.25) is 4.79 Å². The maximum atomic E-state index is 12.9. The van der Waals surface area contributed by atoms with E-state index in [1.807, 2.05) is 4.90 Å². The summed E-state index contributed by atoms with van der Waals surface area (Å²) in [6.07, 6.45) is 6.90. The lowest BCUT2D eigenvalue weighted by Crippen LogP contribution is -2.38. The van der Waals surface area contributed by atoms with Crippen molar-refractivity contribution in [2.75, 3.05) is 32.7 Å². The number of likely N-dealkylation sites (tertiary alicyclic amines) is 1. The Balaban J connectivity index is 1.67. The quantitative estimate of drug-likeness (QED) is 0.681. The van der Waals surface area contributed by atoms with Gasteiger partial charge in [-0.05, 0) is 69.5 Å². The van der Waals surface area contributed by atoms with E-state index in [0.29, 0.717) is 10.5 Å². The summed E-state index contributed by atoms with van der Waals surface area (Å²) in [7, 11) is -3.26. The fraction of sp³-hybridized carbons (Fsp3) is 0.667. The van der Waals surface area contributed by atoms with Gasteiger partial charge in [0.15, 0.2) is 9.84 Å². The summed E-state index contributed by atoms with van der Waals surface area (Å²) >= 11 is 0. The van der Waals surface area contributed by atoms with E-state index in [9.17, 15) is 13.2 Å². The highest BCUT2D eigenvalue weighted by atomic mass is 32.2. The molecule has 0 aromatic heterocycles. The van der Waals surface area contributed by atoms with Gasteiger partial charge < -0.3 is 9.80 Å². The van der Waals surface area contributed by atoms with E-state index < -0.39 is 9.84 Å². The third-order valence-corrected chi connectivity index (χ3v) is 8.11. The fourth-order valence-corrected chi connectivity index (χ4v) is 6.07. The smallest absolute Gasteiger partial charge is 0.253 e. The maximum Gasteiger partial charge on any atom is 0.253 e. The Morgan fingerprint density at radius 2 is 1.67 bits per heavy atom. The van der Waals surface area contributed by atoms with Crippen molar-refractivity contribution >= 4 is 15.7 Å². The first-order chi connectivity index (χ1) is 13.0. The third-order valence-electron chi connectivity index (χ3n) is 5.84. The highest BCUT2D eigenvalue weighted by Crippen LogP contribution is 2.29. The molecule has 3 rings (SSSR count). The van der Waals surface area contributed by atoms with Crippen LogP contribution in [0.4, 0.5) is 0 Å². The Kier molecular flexibility index (Phi) is 6.93. The van der Waals surface area contributed by atoms with Gasteiger partial charge >= 0.3 is 0 Å². The van der Waals surface area contributed by atoms with Crippen molar-refractivity contribution in [2.45, 2.75) is 62.0 Å². The molecule has 6 heteroatoms. The third kappa shape index (κ3) is 4.91. The van der Waals surface area contributed by atoms with Gasteiger partial charge in [-0.2, -0.15) is 0 Å². The van der Waals surface area contributed by atoms with Crippen LogP contribution in [0.15, 0.2) is 29.2 Å². The monoisotopic (exact) mass is 392 g/mol. The molecule has 0 N–H and O–H groups in total. The molecule has 1 aromatic rings. The van der Waals surface area contributed by atoms with Crippen LogP contribution >= 0.6 is 0 Å². The van der Waals surface area contributed by atoms with Gasteiger partial charge in [0.25, 0.3) is 5.91 Å². The normalized spacial score (nSPS) is 18.9. The average Bonchev–Trinajstić information content (AvgIpc) is 3.39. The van der Waals surface area contributed by atoms with Crippen LogP contribution in [-0.4, -0.2) is 62.1 Å². The van der Waals surface area contributed by atoms with Crippen LogP contribution in [0.5, 0.6) is 0 Å². The molecular weight excluding hydrogens is 360 g/mol. The van der Waals surface area contributed by atoms with Crippen molar-refractivity contribution in [3.8, 4) is 0 Å². The number of hydrogen-bond acceptors (Lipinski definition) is 4. The van der Waals surface area contributed by atoms with E-state index in [1.54, 1.807) is 24.3 Å². The molecule has 1 heterocycles. The first kappa shape index (κ1) is 20.3. The molecule has 1 aliphatic heterocycles. The maximum absolute atomic E-state index is 12.9. The zero-order valence-electron chi connectivity index (χ0n) is 16.4. The van der Waals surface area contributed by atoms with E-state index >= 15 is 0 Å². The number of carbonyl (C=O) groups excluding carboxylic acids is 1. The first-order valence-corrected chi connectivity index (χ1v) is 11.9. The Labute approximate surface area is 163 Å². The van der Waals surface area contributed by atoms with E-state index in [0.717, 1.165) is 64.8 Å². The number of hydrogen-bond donors (Lipinski definition) is 0. The molecule has 2 aliphatic rings. The van der Waals surface area contributed by atoms with Gasteiger partial charge in [-0.15, -0.1) is 0 Å². The number of sulfone groups is 1. The number of benzene rings is 1. The Morgan fingerprint density at radius 3 is 2.26 bits per heavy atom. The Bertz CT molecular complexity index is 718. The van der Waals surface area contributed by atoms with Gasteiger partial charge in [0.2, 0.25) is 0 Å². The SMILES string of the molecule is CCCN(CCN1CCCC1)C(=O)c1ccc(S(=O)(=O)C2CCCC2)cc1. The summed E-state index contributed by atoms with van der Waals surface area (Å²) < 4.78 is 25.4. The fourth-order valence-electron chi connectivity index (χ4n) is 4.21. The van der Waals surface area contributed by atoms with E-state index in [2.05, 4.69) is 11.8 Å². The topological polar surface area (TPSA) is 57.7 Å². The number of carbonyl (C=O) groups is 1. The lowest BCUT2D eigenvalue weighted by molar-refractivity contribution is 0.0740. The highest BCUT2D eigenvalue weighted by Gasteiger charge is 2.30. The summed E-state index contributed by atoms with van der Waals surface area (Å²) in [5.41, 5.74) is 0.579. The van der Waals surface area contributed by atoms with E-state index in [1.165, 1.54) is 12.8 Å². The van der Waals surface area contributed by atoms with Crippen LogP contribution in [0.1, 0.15) is 62.2 Å². The minimum atomic E-state index is -3.26. The van der Waals surface area contributed by atoms with E-state index in [-0.39, 0.29) is 11.2 Å². The molecule has 1 aliphatic carbocycles. The molecule has 1 aromatic carbocycles. The summed E-state index contributed by atoms with van der Waals surface area (Å²) in [4.78, 5) is 17.6. The molecule has 150 valence electrons. The van der Waals surface area contributed by atoms with Crippen molar-refractivity contribution in [3.05, 3.63) is 29.8 Å². The highest BCUT2D eigenvalue weighted by molar-refractivity contribution is 7.92. The Hall–Kier alpha value is -1.40. The zero-order valence-corrected chi connectivity index (χ0v) is 17.2. The minimum Gasteiger partial charge on any atom is -0.337 e. The van der Waals surface area contributed by atoms with Gasteiger partial charge in [0.1, 0.15) is 0 Å². The minimum absolute atomic E-state index is 0.000797. The Morgan fingerprint density at radius 1 is 1.04 bits per heavy atom. The molecular formula is C21H32N2O3S. The van der Waals surface area contributed by atoms with Crippen molar-refractivity contribution in [1.29, 1.82) is 0 Å². The molecule has 1 saturated carbocycles. The van der Waals surface area contributed by atoms with Crippen molar-refractivity contribution in [3.63, 3.8) is 0 Å². The van der Waals surface area contributed by atoms with Gasteiger partial charge in [-0.1, -0.05) is 19.8 Å². The summed E-state index contributed by atoms with van der Waals surface area (Å²) in [6.45, 7) is 6.71. The molecule has 0 spiro atoms. The summed E-state index contributed by atoms with van der Waals surface area (Å²) in [5, 5.41) is -0.254. The van der Waals surface area contributed by atoms with Crippen LogP contribution in [0.25, 0.3) is 0 Å². The van der Waals surface area contributed by atoms with Crippen molar-refractivity contribution in [1.82, 2.24) is 9.80 Å². The van der Waals surface area contributed by atoms with Crippen LogP contribution in [-0.2, 0) is 9.84 Å². The van der Waals surface area contributed by atoms with Crippen molar-refractivity contribution in [2.24, 2.45) is 0 Å². The largest absolute Gasteiger partial charge is 0.337 e. The molecule has 1 amide bonds. The second kappa shape index (κ2) is 9.20. The molecule has 0 bridgehead atoms. The molecule has 2 fully saturated rings. The van der Waals surface area contributed by atoms with Gasteiger partial charge in [0, 0.05) is 25.2 Å². The van der Waals surface area contributed by atoms with Crippen LogP contribution in [0, 0.1) is 0 Å². The standard InChI is InChI=1S/C21H32N2O3S/c1-2-13-23(17-16-22-14-5-6-15-22)21(24)18-9-11-20(12-10-18)27(25,26)19-7-3-4-8-19/h9-12,19H,2-8,13-17H2,1H3. The lowest BCUT2D eigenvalue weighted by atomic mass is 10.2. The molecule has 1 saturated heterocycles. The van der Waals surface area contributed by atoms with Crippen molar-refractivity contribution < 1.29 is 13.2 Å². The molecule has 0 unspecified atom stereocenters. The summed E-state index contributed by atoms with van der Waals surface area (Å²) in [6, 6.07) is 6.60. The average molecular weight is 393 g/mol. The number of nitrogens with zero attached hydrogens (tertiary/aromatic N) is 2. The second-order valence-electron chi connectivity index (χ2n) is 7.82. The van der Waals surface area contributed by atoms with Gasteiger partial charge in [-0.25, -0.2) is 8.42 Å². The lowest BCUT2D eigenvalue weighted by Gasteiger charge is -2.25. The molecule has 0 radical (unpaired) electrons. The zero-order chi connectivity index (χ0) is 19.3. The number of amides is 1. The predicted octanol–water partition coefficient (Wildman–Crippen LogP) is 3.35. The first-order valence-electron chi connectivity index (χ1n) is 10.4. The predicted molar refractivity (Wildman–Crippen MR) is 108 cm³/mol. The molecule has 0 atom stereocenters. The van der Waals surface area contributed by atoms with Crippen LogP contribution in [0.2, 0.25) is 0 Å². The van der Waals surface area contributed by atoms with Crippen LogP contribution in [0.3, 0.4) is 0 Å². The van der Waals surface area contributed by atoms with E-state index in [4.69, 9.17) is 0 Å². The second-order valence-corrected chi connectivity index (χ2v) is 10.0. The number of rotatable bonds is 8. The van der Waals surface area contributed by atoms with Gasteiger partial charge in [0.05, 0.1) is 10.1 Å². The molecule has 5 nitrogen and oxygen atoms in total.